The predicted octanol–water partition coefficient (Wildman–Crippen LogP) is 1.92. The number of hydrogen-bond acceptors (Lipinski definition) is 3. The molecule has 0 aromatic carbocycles. The van der Waals surface area contributed by atoms with Gasteiger partial charge in [-0.05, 0) is 25.8 Å². The molecule has 0 aromatic heterocycles. The van der Waals surface area contributed by atoms with E-state index in [1.165, 1.54) is 0 Å². The largest absolute Gasteiger partial charge is 0.381 e. The van der Waals surface area contributed by atoms with Crippen molar-refractivity contribution in [1.82, 2.24) is 5.32 Å². The van der Waals surface area contributed by atoms with Crippen LogP contribution in [0.25, 0.3) is 0 Å². The van der Waals surface area contributed by atoms with E-state index >= 15 is 0 Å². The van der Waals surface area contributed by atoms with Gasteiger partial charge in [-0.3, -0.25) is 0 Å². The van der Waals surface area contributed by atoms with Crippen LogP contribution in [0.2, 0.25) is 0 Å². The number of halogens is 4. The Morgan fingerprint density at radius 2 is 2.17 bits per heavy atom. The lowest BCUT2D eigenvalue weighted by molar-refractivity contribution is -0.168. The van der Waals surface area contributed by atoms with Crippen LogP contribution in [0.1, 0.15) is 12.8 Å². The Hall–Kier alpha value is -0.400. The van der Waals surface area contributed by atoms with Gasteiger partial charge in [-0.2, -0.15) is 8.78 Å². The first kappa shape index (κ1) is 15.7. The first-order valence-corrected chi connectivity index (χ1v) is 5.96. The van der Waals surface area contributed by atoms with Crippen LogP contribution in [-0.2, 0) is 9.47 Å². The summed E-state index contributed by atoms with van der Waals surface area (Å²) in [7, 11) is 1.69. The quantitative estimate of drug-likeness (QED) is 0.719. The summed E-state index contributed by atoms with van der Waals surface area (Å²) in [5, 5.41) is 2.95. The molecular formula is C11H19F4NO2. The fourth-order valence-corrected chi connectivity index (χ4v) is 1.92. The second-order valence-electron chi connectivity index (χ2n) is 4.45. The fraction of sp³-hybridized carbons (Fsp3) is 1.00. The molecule has 1 heterocycles. The van der Waals surface area contributed by atoms with Gasteiger partial charge in [0, 0.05) is 12.6 Å². The topological polar surface area (TPSA) is 30.5 Å². The van der Waals surface area contributed by atoms with E-state index in [1.807, 2.05) is 0 Å². The SMILES string of the molecule is CNC(COCC(F)(F)C(F)F)C1CCCOC1. The Morgan fingerprint density at radius 1 is 1.44 bits per heavy atom. The average molecular weight is 273 g/mol. The molecule has 0 aromatic rings. The highest BCUT2D eigenvalue weighted by Gasteiger charge is 2.41. The average Bonchev–Trinajstić information content (AvgIpc) is 2.35. The number of nitrogens with one attached hydrogen (secondary N) is 1. The molecule has 108 valence electrons. The van der Waals surface area contributed by atoms with Crippen LogP contribution in [0.4, 0.5) is 17.6 Å². The van der Waals surface area contributed by atoms with Crippen molar-refractivity contribution in [3.8, 4) is 0 Å². The summed E-state index contributed by atoms with van der Waals surface area (Å²) in [6, 6.07) is -0.154. The van der Waals surface area contributed by atoms with Gasteiger partial charge >= 0.3 is 12.3 Å². The minimum atomic E-state index is -4.08. The zero-order valence-electron chi connectivity index (χ0n) is 10.3. The summed E-state index contributed by atoms with van der Waals surface area (Å²) in [5.41, 5.74) is 0. The van der Waals surface area contributed by atoms with Crippen LogP contribution in [0, 0.1) is 5.92 Å². The Balaban J connectivity index is 2.31. The van der Waals surface area contributed by atoms with Crippen molar-refractivity contribution in [2.24, 2.45) is 5.92 Å². The van der Waals surface area contributed by atoms with Crippen molar-refractivity contribution in [2.75, 3.05) is 33.5 Å². The second kappa shape index (κ2) is 7.25. The molecule has 1 rings (SSSR count). The molecule has 2 unspecified atom stereocenters. The second-order valence-corrected chi connectivity index (χ2v) is 4.45. The first-order valence-electron chi connectivity index (χ1n) is 5.96. The van der Waals surface area contributed by atoms with E-state index in [4.69, 9.17) is 9.47 Å². The zero-order chi connectivity index (χ0) is 13.6. The summed E-state index contributed by atoms with van der Waals surface area (Å²) >= 11 is 0. The van der Waals surface area contributed by atoms with Crippen LogP contribution in [0.5, 0.6) is 0 Å². The molecule has 1 aliphatic heterocycles. The van der Waals surface area contributed by atoms with E-state index < -0.39 is 19.0 Å². The molecule has 0 spiro atoms. The summed E-state index contributed by atoms with van der Waals surface area (Å²) in [5.74, 6) is -3.91. The third-order valence-corrected chi connectivity index (χ3v) is 3.05. The highest BCUT2D eigenvalue weighted by atomic mass is 19.3. The summed E-state index contributed by atoms with van der Waals surface area (Å²) in [6.45, 7) is -0.0272. The lowest BCUT2D eigenvalue weighted by atomic mass is 9.94. The van der Waals surface area contributed by atoms with Crippen LogP contribution in [0.15, 0.2) is 0 Å². The smallest absolute Gasteiger partial charge is 0.330 e. The molecule has 0 radical (unpaired) electrons. The van der Waals surface area contributed by atoms with Gasteiger partial charge in [-0.1, -0.05) is 0 Å². The van der Waals surface area contributed by atoms with Gasteiger partial charge in [0.1, 0.15) is 6.61 Å². The molecule has 1 N–H and O–H groups in total. The fourth-order valence-electron chi connectivity index (χ4n) is 1.92. The van der Waals surface area contributed by atoms with E-state index in [-0.39, 0.29) is 18.6 Å². The maximum absolute atomic E-state index is 12.6. The van der Waals surface area contributed by atoms with Crippen molar-refractivity contribution < 1.29 is 27.0 Å². The van der Waals surface area contributed by atoms with Gasteiger partial charge in [0.25, 0.3) is 0 Å². The molecule has 0 amide bonds. The summed E-state index contributed by atoms with van der Waals surface area (Å²) in [4.78, 5) is 0. The van der Waals surface area contributed by atoms with Crippen molar-refractivity contribution >= 4 is 0 Å². The normalized spacial score (nSPS) is 23.3. The van der Waals surface area contributed by atoms with E-state index in [0.717, 1.165) is 12.8 Å². The predicted molar refractivity (Wildman–Crippen MR) is 58.2 cm³/mol. The Bertz CT molecular complexity index is 235. The molecule has 0 saturated carbocycles. The van der Waals surface area contributed by atoms with E-state index in [1.54, 1.807) is 7.05 Å². The standard InChI is InChI=1S/C11H19F4NO2/c1-16-9(8-3-2-4-17-5-8)6-18-7-11(14,15)10(12)13/h8-10,16H,2-7H2,1H3. The first-order chi connectivity index (χ1) is 8.47. The Morgan fingerprint density at radius 3 is 2.67 bits per heavy atom. The van der Waals surface area contributed by atoms with Gasteiger partial charge in [0.2, 0.25) is 0 Å². The number of ether oxygens (including phenoxy) is 2. The minimum Gasteiger partial charge on any atom is -0.381 e. The Labute approximate surface area is 104 Å². The molecule has 1 fully saturated rings. The van der Waals surface area contributed by atoms with E-state index in [9.17, 15) is 17.6 Å². The molecular weight excluding hydrogens is 254 g/mol. The Kier molecular flexibility index (Phi) is 6.31. The van der Waals surface area contributed by atoms with Crippen LogP contribution in [0.3, 0.4) is 0 Å². The maximum atomic E-state index is 12.6. The molecule has 1 saturated heterocycles. The number of hydrogen-bond donors (Lipinski definition) is 1. The molecule has 7 heteroatoms. The van der Waals surface area contributed by atoms with Crippen molar-refractivity contribution in [1.29, 1.82) is 0 Å². The van der Waals surface area contributed by atoms with Gasteiger partial charge in [0.05, 0.1) is 13.2 Å². The van der Waals surface area contributed by atoms with Crippen LogP contribution >= 0.6 is 0 Å². The zero-order valence-corrected chi connectivity index (χ0v) is 10.3. The van der Waals surface area contributed by atoms with Gasteiger partial charge < -0.3 is 14.8 Å². The highest BCUT2D eigenvalue weighted by molar-refractivity contribution is 4.78. The molecule has 3 nitrogen and oxygen atoms in total. The molecule has 0 bridgehead atoms. The molecule has 1 aliphatic rings. The lowest BCUT2D eigenvalue weighted by Crippen LogP contribution is -2.43. The minimum absolute atomic E-state index is 0.0210. The molecule has 18 heavy (non-hydrogen) atoms. The summed E-state index contributed by atoms with van der Waals surface area (Å²) < 4.78 is 59.1. The number of likely N-dealkylation sites (N-methyl/N-ethyl adjacent to an activating group) is 1. The van der Waals surface area contributed by atoms with Crippen LogP contribution < -0.4 is 5.32 Å². The number of alkyl halides is 4. The van der Waals surface area contributed by atoms with Gasteiger partial charge in [-0.15, -0.1) is 0 Å². The maximum Gasteiger partial charge on any atom is 0.330 e. The molecule has 2 atom stereocenters. The number of rotatable bonds is 7. The van der Waals surface area contributed by atoms with Crippen molar-refractivity contribution in [3.05, 3.63) is 0 Å². The third-order valence-electron chi connectivity index (χ3n) is 3.05. The lowest BCUT2D eigenvalue weighted by Gasteiger charge is -2.30. The highest BCUT2D eigenvalue weighted by Crippen LogP contribution is 2.23. The third kappa shape index (κ3) is 4.70. The van der Waals surface area contributed by atoms with Crippen molar-refractivity contribution in [3.63, 3.8) is 0 Å². The van der Waals surface area contributed by atoms with Gasteiger partial charge in [0.15, 0.2) is 0 Å². The monoisotopic (exact) mass is 273 g/mol. The van der Waals surface area contributed by atoms with E-state index in [0.29, 0.717) is 13.2 Å². The van der Waals surface area contributed by atoms with Crippen LogP contribution in [-0.4, -0.2) is 51.9 Å². The molecule has 0 aliphatic carbocycles. The summed E-state index contributed by atoms with van der Waals surface area (Å²) in [6.07, 6.45) is -1.86. The van der Waals surface area contributed by atoms with Crippen molar-refractivity contribution in [2.45, 2.75) is 31.2 Å². The van der Waals surface area contributed by atoms with E-state index in [2.05, 4.69) is 5.32 Å². The van der Waals surface area contributed by atoms with Gasteiger partial charge in [-0.25, -0.2) is 8.78 Å².